The molecule has 0 radical (unpaired) electrons. The second-order valence-corrected chi connectivity index (χ2v) is 11.5. The smallest absolute Gasteiger partial charge is 0.410 e. The zero-order valence-electron chi connectivity index (χ0n) is 22.4. The first-order valence-electron chi connectivity index (χ1n) is 12.8. The van der Waals surface area contributed by atoms with Crippen molar-refractivity contribution in [2.24, 2.45) is 0 Å². The monoisotopic (exact) mass is 553 g/mol. The molecule has 3 aromatic heterocycles. The van der Waals surface area contributed by atoms with Gasteiger partial charge in [-0.25, -0.2) is 9.59 Å². The second-order valence-electron chi connectivity index (χ2n) is 10.5. The van der Waals surface area contributed by atoms with Crippen LogP contribution in [0.3, 0.4) is 0 Å². The molecule has 11 nitrogen and oxygen atoms in total. The second kappa shape index (κ2) is 10.8. The molecule has 0 aliphatic carbocycles. The number of amides is 1. The predicted molar refractivity (Wildman–Crippen MR) is 146 cm³/mol. The van der Waals surface area contributed by atoms with Gasteiger partial charge in [-0.2, -0.15) is 0 Å². The lowest BCUT2D eigenvalue weighted by atomic mass is 10.1. The lowest BCUT2D eigenvalue weighted by Crippen LogP contribution is -2.47. The molecule has 0 atom stereocenters. The number of carbonyl (C=O) groups is 1. The molecule has 206 valence electrons. The molecule has 5 rings (SSSR count). The minimum Gasteiger partial charge on any atom is -0.444 e. The van der Waals surface area contributed by atoms with Crippen molar-refractivity contribution >= 4 is 27.6 Å². The van der Waals surface area contributed by atoms with Crippen molar-refractivity contribution in [2.75, 3.05) is 20.2 Å². The molecule has 12 heteroatoms. The molecule has 1 aliphatic rings. The van der Waals surface area contributed by atoms with Crippen LogP contribution in [0.5, 0.6) is 0 Å². The highest BCUT2D eigenvalue weighted by molar-refractivity contribution is 7.22. The number of thiophene rings is 1. The van der Waals surface area contributed by atoms with E-state index in [0.717, 1.165) is 10.4 Å². The van der Waals surface area contributed by atoms with E-state index in [-0.39, 0.29) is 30.6 Å². The topological polar surface area (TPSA) is 122 Å². The summed E-state index contributed by atoms with van der Waals surface area (Å²) in [7, 11) is 1.53. The first kappa shape index (κ1) is 26.8. The molecule has 4 heterocycles. The molecule has 1 saturated heterocycles. The van der Waals surface area contributed by atoms with Crippen molar-refractivity contribution in [1.29, 1.82) is 0 Å². The number of likely N-dealkylation sites (tertiary alicyclic amines) is 1. The van der Waals surface area contributed by atoms with Crippen LogP contribution in [0.4, 0.5) is 4.79 Å². The Kier molecular flexibility index (Phi) is 7.41. The number of carbonyl (C=O) groups excluding carboxylic acids is 1. The first-order valence-corrected chi connectivity index (χ1v) is 13.6. The summed E-state index contributed by atoms with van der Waals surface area (Å²) in [5.41, 5.74) is 0.0843. The number of hydrogen-bond acceptors (Lipinski definition) is 9. The van der Waals surface area contributed by atoms with E-state index in [0.29, 0.717) is 42.0 Å². The lowest BCUT2D eigenvalue weighted by Gasteiger charge is -2.34. The molecule has 1 aliphatic heterocycles. The fourth-order valence-corrected chi connectivity index (χ4v) is 5.79. The number of piperidine rings is 1. The van der Waals surface area contributed by atoms with Crippen molar-refractivity contribution in [1.82, 2.24) is 24.2 Å². The number of ether oxygens (including phenoxy) is 2. The van der Waals surface area contributed by atoms with Crippen LogP contribution in [0, 0.1) is 0 Å². The summed E-state index contributed by atoms with van der Waals surface area (Å²) in [6, 6.07) is 11.2. The fourth-order valence-electron chi connectivity index (χ4n) is 4.69. The Morgan fingerprint density at radius 2 is 1.79 bits per heavy atom. The Morgan fingerprint density at radius 3 is 2.46 bits per heavy atom. The fraction of sp³-hybridized carbons (Fsp3) is 0.444. The molecule has 0 bridgehead atoms. The van der Waals surface area contributed by atoms with Gasteiger partial charge in [-0.05, 0) is 45.2 Å². The van der Waals surface area contributed by atoms with Crippen LogP contribution in [-0.4, -0.2) is 56.1 Å². The zero-order chi connectivity index (χ0) is 27.7. The predicted octanol–water partition coefficient (Wildman–Crippen LogP) is 4.04. The van der Waals surface area contributed by atoms with Gasteiger partial charge in [-0.1, -0.05) is 30.3 Å². The number of benzene rings is 1. The van der Waals surface area contributed by atoms with Crippen LogP contribution in [0.25, 0.3) is 20.7 Å². The molecule has 1 amide bonds. The maximum absolute atomic E-state index is 13.9. The molecule has 0 saturated carbocycles. The van der Waals surface area contributed by atoms with Crippen LogP contribution in [0.1, 0.15) is 51.4 Å². The Labute approximate surface area is 228 Å². The molecule has 0 N–H and O–H groups in total. The maximum Gasteiger partial charge on any atom is 0.410 e. The van der Waals surface area contributed by atoms with Crippen molar-refractivity contribution in [3.63, 3.8) is 0 Å². The molecule has 1 fully saturated rings. The van der Waals surface area contributed by atoms with Gasteiger partial charge in [0.05, 0.1) is 5.52 Å². The average Bonchev–Trinajstić information content (AvgIpc) is 3.54. The Balaban J connectivity index is 1.54. The molecule has 0 unspecified atom stereocenters. The average molecular weight is 554 g/mol. The van der Waals surface area contributed by atoms with Gasteiger partial charge in [0.1, 0.15) is 23.5 Å². The third-order valence-corrected chi connectivity index (χ3v) is 7.62. The quantitative estimate of drug-likeness (QED) is 0.351. The van der Waals surface area contributed by atoms with E-state index in [1.54, 1.807) is 4.90 Å². The maximum atomic E-state index is 13.9. The number of rotatable bonds is 6. The third-order valence-electron chi connectivity index (χ3n) is 6.46. The number of methoxy groups -OCH3 is 1. The van der Waals surface area contributed by atoms with Crippen molar-refractivity contribution in [3.8, 4) is 10.4 Å². The third kappa shape index (κ3) is 5.66. The standard InChI is InChI=1S/C27H31N5O6S/c1-27(2,3)38-26(35)30-12-10-18(11-13-30)32-24(33)23-19(14-20(39-23)17-8-6-5-7-9-17)31(25(32)34)15-21-28-29-22(37-21)16-36-4/h5-9,14,18H,10-13,15-16H2,1-4H3. The van der Waals surface area contributed by atoms with E-state index in [4.69, 9.17) is 13.9 Å². The van der Waals surface area contributed by atoms with Gasteiger partial charge < -0.3 is 18.8 Å². The highest BCUT2D eigenvalue weighted by atomic mass is 32.1. The summed E-state index contributed by atoms with van der Waals surface area (Å²) in [5.74, 6) is 0.540. The summed E-state index contributed by atoms with van der Waals surface area (Å²) in [5, 5.41) is 8.04. The SMILES string of the molecule is COCc1nnc(Cn2c(=O)n(C3CCN(C(=O)OC(C)(C)C)CC3)c(=O)c3sc(-c4ccccc4)cc32)o1. The molecule has 1 aromatic carbocycles. The van der Waals surface area contributed by atoms with E-state index in [1.807, 2.05) is 57.2 Å². The van der Waals surface area contributed by atoms with Gasteiger partial charge in [-0.3, -0.25) is 13.9 Å². The lowest BCUT2D eigenvalue weighted by molar-refractivity contribution is 0.0186. The summed E-state index contributed by atoms with van der Waals surface area (Å²) in [6.07, 6.45) is 0.514. The summed E-state index contributed by atoms with van der Waals surface area (Å²) < 4.78 is 19.5. The molecular weight excluding hydrogens is 522 g/mol. The van der Waals surface area contributed by atoms with Gasteiger partial charge in [0.2, 0.25) is 11.8 Å². The summed E-state index contributed by atoms with van der Waals surface area (Å²) >= 11 is 1.35. The number of nitrogens with zero attached hydrogens (tertiary/aromatic N) is 5. The first-order chi connectivity index (χ1) is 18.6. The minimum atomic E-state index is -0.600. The van der Waals surface area contributed by atoms with Gasteiger partial charge in [-0.15, -0.1) is 21.5 Å². The van der Waals surface area contributed by atoms with Crippen LogP contribution >= 0.6 is 11.3 Å². The molecular formula is C27H31N5O6S. The normalized spacial score (nSPS) is 14.7. The Bertz CT molecular complexity index is 1590. The van der Waals surface area contributed by atoms with Gasteiger partial charge in [0, 0.05) is 31.1 Å². The summed E-state index contributed by atoms with van der Waals surface area (Å²) in [6.45, 7) is 6.39. The van der Waals surface area contributed by atoms with Crippen molar-refractivity contribution in [3.05, 3.63) is 69.0 Å². The van der Waals surface area contributed by atoms with E-state index >= 15 is 0 Å². The van der Waals surface area contributed by atoms with E-state index in [1.165, 1.54) is 27.6 Å². The van der Waals surface area contributed by atoms with Crippen molar-refractivity contribution in [2.45, 2.75) is 58.4 Å². The highest BCUT2D eigenvalue weighted by Crippen LogP contribution is 2.32. The van der Waals surface area contributed by atoms with Crippen LogP contribution in [-0.2, 0) is 22.6 Å². The zero-order valence-corrected chi connectivity index (χ0v) is 23.2. The van der Waals surface area contributed by atoms with E-state index < -0.39 is 17.4 Å². The van der Waals surface area contributed by atoms with Gasteiger partial charge in [0.15, 0.2) is 0 Å². The largest absolute Gasteiger partial charge is 0.444 e. The van der Waals surface area contributed by atoms with Crippen LogP contribution in [0.15, 0.2) is 50.4 Å². The van der Waals surface area contributed by atoms with Crippen LogP contribution in [0.2, 0.25) is 0 Å². The number of aromatic nitrogens is 4. The summed E-state index contributed by atoms with van der Waals surface area (Å²) in [4.78, 5) is 42.7. The Morgan fingerprint density at radius 1 is 1.10 bits per heavy atom. The number of fused-ring (bicyclic) bond motifs is 1. The van der Waals surface area contributed by atoms with E-state index in [2.05, 4.69) is 10.2 Å². The highest BCUT2D eigenvalue weighted by Gasteiger charge is 2.30. The van der Waals surface area contributed by atoms with E-state index in [9.17, 15) is 14.4 Å². The molecule has 4 aromatic rings. The minimum absolute atomic E-state index is 0.00798. The molecule has 0 spiro atoms. The van der Waals surface area contributed by atoms with Gasteiger partial charge >= 0.3 is 11.8 Å². The Hall–Kier alpha value is -3.77. The molecule has 39 heavy (non-hydrogen) atoms. The van der Waals surface area contributed by atoms with Crippen molar-refractivity contribution < 1.29 is 18.7 Å². The number of hydrogen-bond donors (Lipinski definition) is 0. The van der Waals surface area contributed by atoms with Crippen LogP contribution < -0.4 is 11.2 Å². The van der Waals surface area contributed by atoms with Gasteiger partial charge in [0.25, 0.3) is 5.56 Å².